The summed E-state index contributed by atoms with van der Waals surface area (Å²) in [6, 6.07) is 12.9. The van der Waals surface area contributed by atoms with Gasteiger partial charge in [0.1, 0.15) is 19.5 Å². The topological polar surface area (TPSA) is 84.2 Å². The molecule has 1 saturated heterocycles. The molecule has 0 atom stereocenters. The fourth-order valence-electron chi connectivity index (χ4n) is 3.77. The van der Waals surface area contributed by atoms with Crippen molar-refractivity contribution >= 4 is 17.6 Å². The van der Waals surface area contributed by atoms with Gasteiger partial charge in [-0.05, 0) is 66.3 Å². The molecule has 2 aromatic rings. The zero-order chi connectivity index (χ0) is 23.8. The Balaban J connectivity index is 1.98. The van der Waals surface area contributed by atoms with E-state index in [0.717, 1.165) is 28.7 Å². The van der Waals surface area contributed by atoms with Gasteiger partial charge >= 0.3 is 6.09 Å². The predicted octanol–water partition coefficient (Wildman–Crippen LogP) is 4.82. The lowest BCUT2D eigenvalue weighted by Gasteiger charge is -2.16. The van der Waals surface area contributed by atoms with Crippen LogP contribution in [0.3, 0.4) is 0 Å². The number of benzene rings is 2. The zero-order valence-electron chi connectivity index (χ0n) is 18.9. The van der Waals surface area contributed by atoms with Gasteiger partial charge in [0.15, 0.2) is 0 Å². The van der Waals surface area contributed by atoms with Crippen LogP contribution in [-0.4, -0.2) is 50.9 Å². The molecular formula is C25H26FN3O4. The third kappa shape index (κ3) is 5.69. The van der Waals surface area contributed by atoms with Crippen LogP contribution >= 0.6 is 0 Å². The highest BCUT2D eigenvalue weighted by atomic mass is 19.1. The summed E-state index contributed by atoms with van der Waals surface area (Å²) in [4.78, 5) is 17.9. The van der Waals surface area contributed by atoms with Gasteiger partial charge in [-0.15, -0.1) is 0 Å². The van der Waals surface area contributed by atoms with Crippen LogP contribution in [0.15, 0.2) is 47.6 Å². The maximum atomic E-state index is 14.7. The lowest BCUT2D eigenvalue weighted by atomic mass is 9.92. The van der Waals surface area contributed by atoms with Gasteiger partial charge in [-0.3, -0.25) is 0 Å². The number of allylic oxidation sites excluding steroid dienone is 1. The number of nitrogens with zero attached hydrogens (tertiary/aromatic N) is 3. The molecule has 0 unspecified atom stereocenters. The Kier molecular flexibility index (Phi) is 8.03. The van der Waals surface area contributed by atoms with E-state index < -0.39 is 5.97 Å². The fourth-order valence-corrected chi connectivity index (χ4v) is 3.77. The molecule has 0 aliphatic carbocycles. The van der Waals surface area contributed by atoms with Crippen LogP contribution in [0.4, 0.5) is 9.18 Å². The van der Waals surface area contributed by atoms with Gasteiger partial charge < -0.3 is 19.2 Å². The molecule has 0 N–H and O–H groups in total. The number of carbonyl (C=O) groups is 1. The highest BCUT2D eigenvalue weighted by Gasteiger charge is 2.21. The summed E-state index contributed by atoms with van der Waals surface area (Å²) in [5.41, 5.74) is 4.01. The van der Waals surface area contributed by atoms with Gasteiger partial charge in [0.25, 0.3) is 5.97 Å². The quantitative estimate of drug-likeness (QED) is 0.310. The number of aryl methyl sites for hydroxylation is 1. The molecule has 0 spiro atoms. The van der Waals surface area contributed by atoms with E-state index in [4.69, 9.17) is 14.7 Å². The SMILES string of the molecule is CON=C(F)c1cc(/C(=C\CCCN2CCOC2=O)c2ccc(C#N)cc2)cc(C)c1OC. The molecular weight excluding hydrogens is 425 g/mol. The van der Waals surface area contributed by atoms with Crippen molar-refractivity contribution < 1.29 is 23.5 Å². The zero-order valence-corrected chi connectivity index (χ0v) is 18.9. The molecule has 0 radical (unpaired) electrons. The Morgan fingerprint density at radius 1 is 1.27 bits per heavy atom. The van der Waals surface area contributed by atoms with Gasteiger partial charge in [0, 0.05) is 6.54 Å². The van der Waals surface area contributed by atoms with Crippen LogP contribution in [0, 0.1) is 18.3 Å². The molecule has 1 heterocycles. The van der Waals surface area contributed by atoms with Gasteiger partial charge in [-0.2, -0.15) is 9.65 Å². The van der Waals surface area contributed by atoms with Gasteiger partial charge in [0.2, 0.25) is 0 Å². The first-order valence-corrected chi connectivity index (χ1v) is 10.6. The summed E-state index contributed by atoms with van der Waals surface area (Å²) in [7, 11) is 2.76. The Morgan fingerprint density at radius 2 is 2.03 bits per heavy atom. The van der Waals surface area contributed by atoms with Crippen molar-refractivity contribution in [3.05, 3.63) is 70.3 Å². The minimum atomic E-state index is -0.786. The number of methoxy groups -OCH3 is 1. The molecule has 8 heteroatoms. The number of halogens is 1. The summed E-state index contributed by atoms with van der Waals surface area (Å²) in [5, 5.41) is 12.6. The Bertz CT molecular complexity index is 1100. The number of ether oxygens (including phenoxy) is 2. The molecule has 0 aromatic heterocycles. The summed E-state index contributed by atoms with van der Waals surface area (Å²) in [5.74, 6) is -0.408. The first-order valence-electron chi connectivity index (χ1n) is 10.6. The Hall–Kier alpha value is -3.86. The number of oxime groups is 1. The first-order chi connectivity index (χ1) is 16.0. The molecule has 1 amide bonds. The maximum Gasteiger partial charge on any atom is 0.409 e. The standard InChI is InChI=1S/C25H26FN3O4/c1-17-14-20(15-22(23(17)31-2)24(26)28-32-3)21(19-9-7-18(16-27)8-10-19)6-4-5-11-29-12-13-33-25(29)30/h6-10,14-15H,4-5,11-13H2,1-3H3/b21-6-,28-24?. The third-order valence-corrected chi connectivity index (χ3v) is 5.33. The maximum absolute atomic E-state index is 14.7. The summed E-state index contributed by atoms with van der Waals surface area (Å²) in [6.07, 6.45) is 3.21. The lowest BCUT2D eigenvalue weighted by molar-refractivity contribution is 0.158. The first kappa shape index (κ1) is 23.8. The highest BCUT2D eigenvalue weighted by molar-refractivity contribution is 5.98. The van der Waals surface area contributed by atoms with Gasteiger partial charge in [-0.25, -0.2) is 4.79 Å². The third-order valence-electron chi connectivity index (χ3n) is 5.33. The molecule has 172 valence electrons. The van der Waals surface area contributed by atoms with Crippen molar-refractivity contribution in [3.63, 3.8) is 0 Å². The number of nitriles is 1. The van der Waals surface area contributed by atoms with E-state index in [0.29, 0.717) is 37.4 Å². The molecule has 1 aliphatic rings. The fraction of sp³-hybridized carbons (Fsp3) is 0.320. The normalized spacial score (nSPS) is 14.2. The molecule has 7 nitrogen and oxygen atoms in total. The summed E-state index contributed by atoms with van der Waals surface area (Å²) < 4.78 is 25.0. The summed E-state index contributed by atoms with van der Waals surface area (Å²) in [6.45, 7) is 3.46. The molecule has 0 saturated carbocycles. The average molecular weight is 451 g/mol. The van der Waals surface area contributed by atoms with Crippen molar-refractivity contribution in [1.82, 2.24) is 4.90 Å². The van der Waals surface area contributed by atoms with Gasteiger partial charge in [-0.1, -0.05) is 23.4 Å². The van der Waals surface area contributed by atoms with E-state index in [2.05, 4.69) is 22.1 Å². The number of hydrogen-bond donors (Lipinski definition) is 0. The number of amides is 1. The number of carbonyl (C=O) groups excluding carboxylic acids is 1. The van der Waals surface area contributed by atoms with E-state index in [1.165, 1.54) is 14.2 Å². The predicted molar refractivity (Wildman–Crippen MR) is 123 cm³/mol. The van der Waals surface area contributed by atoms with E-state index in [1.807, 2.05) is 25.1 Å². The van der Waals surface area contributed by atoms with Crippen LogP contribution < -0.4 is 4.74 Å². The molecule has 33 heavy (non-hydrogen) atoms. The molecule has 3 rings (SSSR count). The second kappa shape index (κ2) is 11.1. The van der Waals surface area contributed by atoms with Crippen LogP contribution in [0.25, 0.3) is 5.57 Å². The van der Waals surface area contributed by atoms with E-state index in [-0.39, 0.29) is 11.7 Å². The lowest BCUT2D eigenvalue weighted by Crippen LogP contribution is -2.25. The van der Waals surface area contributed by atoms with Crippen LogP contribution in [0.1, 0.15) is 40.7 Å². The van der Waals surface area contributed by atoms with Crippen molar-refractivity contribution in [2.45, 2.75) is 19.8 Å². The monoisotopic (exact) mass is 451 g/mol. The molecule has 2 aromatic carbocycles. The second-order valence-corrected chi connectivity index (χ2v) is 7.49. The molecule has 1 fully saturated rings. The minimum absolute atomic E-state index is 0.189. The Labute approximate surface area is 192 Å². The van der Waals surface area contributed by atoms with Crippen molar-refractivity contribution in [2.24, 2.45) is 5.16 Å². The van der Waals surface area contributed by atoms with E-state index >= 15 is 0 Å². The van der Waals surface area contributed by atoms with E-state index in [9.17, 15) is 9.18 Å². The number of unbranched alkanes of at least 4 members (excludes halogenated alkanes) is 1. The number of hydrogen-bond acceptors (Lipinski definition) is 6. The van der Waals surface area contributed by atoms with E-state index in [1.54, 1.807) is 23.1 Å². The highest BCUT2D eigenvalue weighted by Crippen LogP contribution is 2.33. The Morgan fingerprint density at radius 3 is 2.64 bits per heavy atom. The van der Waals surface area contributed by atoms with Crippen LogP contribution in [0.5, 0.6) is 5.75 Å². The van der Waals surface area contributed by atoms with Crippen LogP contribution in [0.2, 0.25) is 0 Å². The van der Waals surface area contributed by atoms with Crippen molar-refractivity contribution in [3.8, 4) is 11.8 Å². The minimum Gasteiger partial charge on any atom is -0.496 e. The summed E-state index contributed by atoms with van der Waals surface area (Å²) >= 11 is 0. The molecule has 0 bridgehead atoms. The average Bonchev–Trinajstić information content (AvgIpc) is 3.23. The van der Waals surface area contributed by atoms with Crippen LogP contribution in [-0.2, 0) is 9.57 Å². The van der Waals surface area contributed by atoms with Crippen molar-refractivity contribution in [1.29, 1.82) is 5.26 Å². The van der Waals surface area contributed by atoms with Crippen molar-refractivity contribution in [2.75, 3.05) is 33.9 Å². The largest absolute Gasteiger partial charge is 0.496 e. The molecule has 1 aliphatic heterocycles. The number of cyclic esters (lactones) is 1. The number of rotatable bonds is 9. The smallest absolute Gasteiger partial charge is 0.409 e. The van der Waals surface area contributed by atoms with Gasteiger partial charge in [0.05, 0.1) is 30.9 Å². The second-order valence-electron chi connectivity index (χ2n) is 7.49.